The van der Waals surface area contributed by atoms with Gasteiger partial charge in [-0.2, -0.15) is 0 Å². The number of ether oxygens (including phenoxy) is 2. The molecule has 2 amide bonds. The Hall–Kier alpha value is -1.95. The molecule has 2 aliphatic rings. The van der Waals surface area contributed by atoms with Crippen LogP contribution in [0.15, 0.2) is 18.2 Å². The summed E-state index contributed by atoms with van der Waals surface area (Å²) in [6, 6.07) is 5.33. The van der Waals surface area contributed by atoms with Crippen molar-refractivity contribution in [2.75, 3.05) is 26.3 Å². The molecule has 0 aromatic heterocycles. The van der Waals surface area contributed by atoms with Gasteiger partial charge in [-0.15, -0.1) is 0 Å². The maximum absolute atomic E-state index is 12.7. The molecule has 1 unspecified atom stereocenters. The fraction of sp³-hybridized carbons (Fsp3) is 0.529. The van der Waals surface area contributed by atoms with E-state index in [-0.39, 0.29) is 24.4 Å². The van der Waals surface area contributed by atoms with Crippen molar-refractivity contribution in [3.8, 4) is 5.75 Å². The molecule has 0 N–H and O–H groups in total. The second-order valence-corrected chi connectivity index (χ2v) is 6.87. The second-order valence-electron chi connectivity index (χ2n) is 6.43. The lowest BCUT2D eigenvalue weighted by Gasteiger charge is -2.27. The Labute approximate surface area is 146 Å². The predicted octanol–water partition coefficient (Wildman–Crippen LogP) is 2.54. The summed E-state index contributed by atoms with van der Waals surface area (Å²) in [4.78, 5) is 27.8. The zero-order valence-corrected chi connectivity index (χ0v) is 14.6. The molecule has 2 aliphatic heterocycles. The summed E-state index contributed by atoms with van der Waals surface area (Å²) in [5, 5.41) is 0.606. The van der Waals surface area contributed by atoms with E-state index in [0.717, 1.165) is 11.3 Å². The first-order chi connectivity index (χ1) is 11.5. The Morgan fingerprint density at radius 1 is 1.38 bits per heavy atom. The predicted molar refractivity (Wildman–Crippen MR) is 89.0 cm³/mol. The first-order valence-electron chi connectivity index (χ1n) is 8.08. The number of benzene rings is 1. The molecular formula is C17H21ClN2O4. The minimum absolute atomic E-state index is 0.0254. The summed E-state index contributed by atoms with van der Waals surface area (Å²) in [5.74, 6) is 0.863. The van der Waals surface area contributed by atoms with E-state index in [2.05, 4.69) is 0 Å². The number of carbonyl (C=O) groups excluding carboxylic acids is 2. The van der Waals surface area contributed by atoms with E-state index in [9.17, 15) is 9.59 Å². The first kappa shape index (κ1) is 16.9. The number of amides is 2. The van der Waals surface area contributed by atoms with Crippen molar-refractivity contribution in [1.82, 2.24) is 9.80 Å². The standard InChI is InChI=1S/C17H21ClN2O4/c1-11(2)14-10-24-17(22)20(14)9-16(21)19-5-6-23-15-4-3-13(18)7-12(15)8-19/h3-4,7,11,14H,5-6,8-10H2,1-2H3. The number of halogens is 1. The van der Waals surface area contributed by atoms with Gasteiger partial charge in [0.25, 0.3) is 0 Å². The van der Waals surface area contributed by atoms with Crippen LogP contribution in [0, 0.1) is 5.92 Å². The van der Waals surface area contributed by atoms with Crippen molar-refractivity contribution in [2.45, 2.75) is 26.4 Å². The zero-order valence-electron chi connectivity index (χ0n) is 13.8. The second kappa shape index (κ2) is 6.89. The highest BCUT2D eigenvalue weighted by Gasteiger charge is 2.37. The van der Waals surface area contributed by atoms with Gasteiger partial charge in [-0.3, -0.25) is 9.69 Å². The van der Waals surface area contributed by atoms with E-state index in [4.69, 9.17) is 21.1 Å². The number of hydrogen-bond acceptors (Lipinski definition) is 4. The molecule has 24 heavy (non-hydrogen) atoms. The largest absolute Gasteiger partial charge is 0.491 e. The Kier molecular flexibility index (Phi) is 4.85. The van der Waals surface area contributed by atoms with Crippen LogP contribution in [0.5, 0.6) is 5.75 Å². The molecule has 130 valence electrons. The van der Waals surface area contributed by atoms with Crippen LogP contribution in [-0.4, -0.2) is 54.1 Å². The van der Waals surface area contributed by atoms with Crippen LogP contribution in [0.25, 0.3) is 0 Å². The highest BCUT2D eigenvalue weighted by molar-refractivity contribution is 6.30. The van der Waals surface area contributed by atoms with Crippen LogP contribution in [0.3, 0.4) is 0 Å². The summed E-state index contributed by atoms with van der Waals surface area (Å²) in [6.45, 7) is 5.70. The first-order valence-corrected chi connectivity index (χ1v) is 8.46. The maximum atomic E-state index is 12.7. The van der Waals surface area contributed by atoms with Crippen LogP contribution in [-0.2, 0) is 16.1 Å². The van der Waals surface area contributed by atoms with Crippen molar-refractivity contribution in [3.05, 3.63) is 28.8 Å². The molecule has 0 bridgehead atoms. The molecule has 0 aliphatic carbocycles. The minimum atomic E-state index is -0.420. The topological polar surface area (TPSA) is 59.1 Å². The number of cyclic esters (lactones) is 1. The molecule has 3 rings (SSSR count). The molecule has 1 saturated heterocycles. The van der Waals surface area contributed by atoms with Crippen LogP contribution in [0.1, 0.15) is 19.4 Å². The number of carbonyl (C=O) groups is 2. The molecule has 1 fully saturated rings. The number of hydrogen-bond donors (Lipinski definition) is 0. The number of rotatable bonds is 3. The number of nitrogens with zero attached hydrogens (tertiary/aromatic N) is 2. The lowest BCUT2D eigenvalue weighted by molar-refractivity contribution is -0.132. The monoisotopic (exact) mass is 352 g/mol. The van der Waals surface area contributed by atoms with Gasteiger partial charge < -0.3 is 14.4 Å². The Morgan fingerprint density at radius 2 is 2.17 bits per heavy atom. The Balaban J connectivity index is 1.72. The van der Waals surface area contributed by atoms with Crippen LogP contribution in [0.4, 0.5) is 4.79 Å². The van der Waals surface area contributed by atoms with Crippen LogP contribution >= 0.6 is 11.6 Å². The average molecular weight is 353 g/mol. The lowest BCUT2D eigenvalue weighted by Crippen LogP contribution is -2.45. The molecule has 1 aromatic carbocycles. The quantitative estimate of drug-likeness (QED) is 0.838. The molecule has 2 heterocycles. The Bertz CT molecular complexity index is 649. The molecule has 7 heteroatoms. The van der Waals surface area contributed by atoms with E-state index >= 15 is 0 Å². The summed E-state index contributed by atoms with van der Waals surface area (Å²) < 4.78 is 10.8. The highest BCUT2D eigenvalue weighted by Crippen LogP contribution is 2.27. The van der Waals surface area contributed by atoms with E-state index in [0.29, 0.717) is 31.3 Å². The van der Waals surface area contributed by atoms with Crippen molar-refractivity contribution in [2.24, 2.45) is 5.92 Å². The van der Waals surface area contributed by atoms with Gasteiger partial charge in [0, 0.05) is 17.1 Å². The number of fused-ring (bicyclic) bond motifs is 1. The van der Waals surface area contributed by atoms with Gasteiger partial charge in [0.15, 0.2) is 0 Å². The van der Waals surface area contributed by atoms with Crippen molar-refractivity contribution >= 4 is 23.6 Å². The molecule has 0 radical (unpaired) electrons. The third kappa shape index (κ3) is 3.43. The molecule has 1 aromatic rings. The fourth-order valence-electron chi connectivity index (χ4n) is 3.02. The molecule has 0 saturated carbocycles. The Morgan fingerprint density at radius 3 is 2.92 bits per heavy atom. The molecule has 1 atom stereocenters. The van der Waals surface area contributed by atoms with Gasteiger partial charge in [0.2, 0.25) is 5.91 Å². The van der Waals surface area contributed by atoms with Crippen molar-refractivity contribution in [3.63, 3.8) is 0 Å². The van der Waals surface area contributed by atoms with Gasteiger partial charge in [0.1, 0.15) is 25.5 Å². The van der Waals surface area contributed by atoms with Gasteiger partial charge in [-0.05, 0) is 24.1 Å². The van der Waals surface area contributed by atoms with E-state index < -0.39 is 6.09 Å². The lowest BCUT2D eigenvalue weighted by atomic mass is 10.0. The van der Waals surface area contributed by atoms with Gasteiger partial charge in [-0.25, -0.2) is 4.79 Å². The third-order valence-corrected chi connectivity index (χ3v) is 4.68. The van der Waals surface area contributed by atoms with Crippen LogP contribution < -0.4 is 4.74 Å². The van der Waals surface area contributed by atoms with E-state index in [1.165, 1.54) is 4.90 Å². The molecule has 0 spiro atoms. The summed E-state index contributed by atoms with van der Waals surface area (Å²) in [6.07, 6.45) is -0.420. The molecule has 6 nitrogen and oxygen atoms in total. The maximum Gasteiger partial charge on any atom is 0.410 e. The SMILES string of the molecule is CC(C)C1COC(=O)N1CC(=O)N1CCOc2ccc(Cl)cc2C1. The normalized spacial score (nSPS) is 20.5. The fourth-order valence-corrected chi connectivity index (χ4v) is 3.22. The van der Waals surface area contributed by atoms with Gasteiger partial charge in [0.05, 0.1) is 12.6 Å². The highest BCUT2D eigenvalue weighted by atomic mass is 35.5. The van der Waals surface area contributed by atoms with E-state index in [1.54, 1.807) is 11.0 Å². The van der Waals surface area contributed by atoms with Gasteiger partial charge in [-0.1, -0.05) is 25.4 Å². The summed E-state index contributed by atoms with van der Waals surface area (Å²) in [5.41, 5.74) is 0.873. The van der Waals surface area contributed by atoms with Crippen molar-refractivity contribution in [1.29, 1.82) is 0 Å². The average Bonchev–Trinajstić information content (AvgIpc) is 2.77. The zero-order chi connectivity index (χ0) is 17.3. The third-order valence-electron chi connectivity index (χ3n) is 4.44. The minimum Gasteiger partial charge on any atom is -0.491 e. The summed E-state index contributed by atoms with van der Waals surface area (Å²) >= 11 is 6.04. The van der Waals surface area contributed by atoms with E-state index in [1.807, 2.05) is 26.0 Å². The summed E-state index contributed by atoms with van der Waals surface area (Å²) in [7, 11) is 0. The smallest absolute Gasteiger partial charge is 0.410 e. The van der Waals surface area contributed by atoms with Gasteiger partial charge >= 0.3 is 6.09 Å². The van der Waals surface area contributed by atoms with Crippen LogP contribution in [0.2, 0.25) is 5.02 Å². The molecular weight excluding hydrogens is 332 g/mol. The van der Waals surface area contributed by atoms with Crippen molar-refractivity contribution < 1.29 is 19.1 Å².